The van der Waals surface area contributed by atoms with Crippen LogP contribution in [0.25, 0.3) is 21.5 Å². The smallest absolute Gasteiger partial charge is 0.326 e. The summed E-state index contributed by atoms with van der Waals surface area (Å²) >= 11 is 0. The van der Waals surface area contributed by atoms with E-state index in [2.05, 4.69) is 13.2 Å². The van der Waals surface area contributed by atoms with E-state index in [1.807, 2.05) is 0 Å². The van der Waals surface area contributed by atoms with Gasteiger partial charge in [0.05, 0.1) is 21.5 Å². The Morgan fingerprint density at radius 3 is 1.22 bits per heavy atom. The molecule has 0 aliphatic heterocycles. The average molecular weight is 440 g/mol. The quantitative estimate of drug-likeness (QED) is 0.357. The number of carbonyl (C=O) groups excluding carboxylic acids is 2. The molecule has 166 valence electrons. The molecule has 0 spiro atoms. The first-order chi connectivity index (χ1) is 15.0. The molecular formula is C22H20N2O8. The van der Waals surface area contributed by atoms with Gasteiger partial charge in [-0.25, -0.2) is 0 Å². The maximum atomic E-state index is 12.7. The molecule has 3 aromatic rings. The predicted octanol–water partition coefficient (Wildman–Crippen LogP) is 0.151. The number of esters is 2. The minimum Gasteiger partial charge on any atom is -0.460 e. The van der Waals surface area contributed by atoms with Gasteiger partial charge in [0.2, 0.25) is 0 Å². The van der Waals surface area contributed by atoms with Crippen molar-refractivity contribution in [3.8, 4) is 0 Å². The fourth-order valence-electron chi connectivity index (χ4n) is 3.12. The number of rotatable bonds is 8. The molecule has 1 aromatic carbocycles. The highest BCUT2D eigenvalue weighted by Crippen LogP contribution is 2.14. The van der Waals surface area contributed by atoms with Crippen molar-refractivity contribution < 1.29 is 19.1 Å². The van der Waals surface area contributed by atoms with E-state index in [1.165, 1.54) is 0 Å². The van der Waals surface area contributed by atoms with Crippen LogP contribution < -0.4 is 22.2 Å². The van der Waals surface area contributed by atoms with E-state index < -0.39 is 47.3 Å². The second-order valence-corrected chi connectivity index (χ2v) is 7.57. The second kappa shape index (κ2) is 8.58. The Morgan fingerprint density at radius 1 is 0.688 bits per heavy atom. The Labute approximate surface area is 180 Å². The number of hydrogen-bond donors (Lipinski definition) is 0. The Kier molecular flexibility index (Phi) is 6.06. The van der Waals surface area contributed by atoms with Crippen molar-refractivity contribution in [1.82, 2.24) is 9.13 Å². The molecule has 0 bridgehead atoms. The molecule has 0 fully saturated rings. The third kappa shape index (κ3) is 4.20. The van der Waals surface area contributed by atoms with E-state index in [-0.39, 0.29) is 34.8 Å². The van der Waals surface area contributed by atoms with Crippen LogP contribution in [-0.4, -0.2) is 34.3 Å². The summed E-state index contributed by atoms with van der Waals surface area (Å²) in [7, 11) is 0. The van der Waals surface area contributed by atoms with Crippen LogP contribution >= 0.6 is 0 Å². The maximum absolute atomic E-state index is 12.7. The molecule has 2 heterocycles. The summed E-state index contributed by atoms with van der Waals surface area (Å²) in [6.07, 6.45) is 0. The minimum absolute atomic E-state index is 0.0516. The number of nitrogens with zero attached hydrogens (tertiary/aromatic N) is 2. The summed E-state index contributed by atoms with van der Waals surface area (Å²) < 4.78 is 11.2. The van der Waals surface area contributed by atoms with Gasteiger partial charge in [0.25, 0.3) is 22.2 Å². The zero-order valence-corrected chi connectivity index (χ0v) is 17.6. The maximum Gasteiger partial charge on any atom is 0.326 e. The summed E-state index contributed by atoms with van der Waals surface area (Å²) in [4.78, 5) is 74.5. The number of ether oxygens (including phenoxy) is 2. The molecule has 0 radical (unpaired) electrons. The lowest BCUT2D eigenvalue weighted by atomic mass is 10.1. The molecule has 3 rings (SSSR count). The van der Waals surface area contributed by atoms with Gasteiger partial charge in [-0.3, -0.25) is 37.9 Å². The topological polar surface area (TPSA) is 131 Å². The fraction of sp³-hybridized carbons (Fsp3) is 0.273. The van der Waals surface area contributed by atoms with Crippen molar-refractivity contribution in [3.63, 3.8) is 0 Å². The molecule has 32 heavy (non-hydrogen) atoms. The molecule has 0 N–H and O–H groups in total. The lowest BCUT2D eigenvalue weighted by molar-refractivity contribution is -0.144. The molecule has 2 aromatic heterocycles. The predicted molar refractivity (Wildman–Crippen MR) is 116 cm³/mol. The molecule has 0 aliphatic rings. The van der Waals surface area contributed by atoms with Crippen LogP contribution in [0.2, 0.25) is 0 Å². The van der Waals surface area contributed by atoms with Crippen molar-refractivity contribution in [2.75, 3.05) is 13.2 Å². The van der Waals surface area contributed by atoms with Crippen LogP contribution in [0.1, 0.15) is 13.8 Å². The lowest BCUT2D eigenvalue weighted by Crippen LogP contribution is -2.30. The Balaban J connectivity index is 2.03. The van der Waals surface area contributed by atoms with Crippen LogP contribution in [0, 0.1) is 0 Å². The number of benzene rings is 1. The molecular weight excluding hydrogens is 420 g/mol. The van der Waals surface area contributed by atoms with E-state index in [0.29, 0.717) is 20.3 Å². The van der Waals surface area contributed by atoms with Gasteiger partial charge in [-0.15, -0.1) is 0 Å². The second-order valence-electron chi connectivity index (χ2n) is 7.57. The lowest BCUT2D eigenvalue weighted by Gasteiger charge is -2.03. The van der Waals surface area contributed by atoms with Crippen LogP contribution in [-0.2, 0) is 32.2 Å². The summed E-state index contributed by atoms with van der Waals surface area (Å²) in [5, 5.41) is -0.466. The highest BCUT2D eigenvalue weighted by atomic mass is 16.5. The van der Waals surface area contributed by atoms with E-state index in [9.17, 15) is 28.8 Å². The number of aromatic nitrogens is 2. The molecule has 0 amide bonds. The van der Waals surface area contributed by atoms with Gasteiger partial charge in [0.15, 0.2) is 0 Å². The number of fused-ring (bicyclic) bond motifs is 2. The largest absolute Gasteiger partial charge is 0.460 e. The summed E-state index contributed by atoms with van der Waals surface area (Å²) in [5.41, 5.74) is -2.00. The molecule has 10 heteroatoms. The van der Waals surface area contributed by atoms with Crippen LogP contribution in [0.3, 0.4) is 0 Å². The van der Waals surface area contributed by atoms with Gasteiger partial charge >= 0.3 is 11.9 Å². The first kappa shape index (κ1) is 22.6. The summed E-state index contributed by atoms with van der Waals surface area (Å²) in [6, 6.07) is 2.26. The van der Waals surface area contributed by atoms with Crippen molar-refractivity contribution in [3.05, 3.63) is 77.9 Å². The fourth-order valence-corrected chi connectivity index (χ4v) is 3.12. The van der Waals surface area contributed by atoms with E-state index in [1.54, 1.807) is 13.8 Å². The molecule has 10 nitrogen and oxygen atoms in total. The van der Waals surface area contributed by atoms with E-state index in [0.717, 1.165) is 12.1 Å². The van der Waals surface area contributed by atoms with E-state index >= 15 is 0 Å². The zero-order valence-electron chi connectivity index (χ0n) is 17.6. The van der Waals surface area contributed by atoms with Crippen molar-refractivity contribution in [1.29, 1.82) is 0 Å². The SMILES string of the molecule is C=C(C)COC(=O)Cn1c(=O)c2cc3c(=O)n(CC(=O)OCC(=C)C)c(=O)c3cc2c1=O. The average Bonchev–Trinajstić information content (AvgIpc) is 3.10. The normalized spacial score (nSPS) is 11.1. The molecule has 0 atom stereocenters. The van der Waals surface area contributed by atoms with Gasteiger partial charge in [-0.2, -0.15) is 0 Å². The van der Waals surface area contributed by atoms with Gasteiger partial charge in [-0.05, 0) is 37.1 Å². The van der Waals surface area contributed by atoms with Crippen LogP contribution in [0.4, 0.5) is 0 Å². The monoisotopic (exact) mass is 440 g/mol. The Hall–Kier alpha value is -4.08. The van der Waals surface area contributed by atoms with Crippen molar-refractivity contribution in [2.45, 2.75) is 26.9 Å². The highest BCUT2D eigenvalue weighted by Gasteiger charge is 2.22. The third-order valence-corrected chi connectivity index (χ3v) is 4.59. The molecule has 0 saturated heterocycles. The van der Waals surface area contributed by atoms with Gasteiger partial charge < -0.3 is 9.47 Å². The number of carbonyl (C=O) groups is 2. The van der Waals surface area contributed by atoms with Crippen LogP contribution in [0.5, 0.6) is 0 Å². The zero-order chi connectivity index (χ0) is 23.7. The number of hydrogen-bond acceptors (Lipinski definition) is 8. The molecule has 0 unspecified atom stereocenters. The van der Waals surface area contributed by atoms with Gasteiger partial charge in [0, 0.05) is 0 Å². The van der Waals surface area contributed by atoms with E-state index in [4.69, 9.17) is 9.47 Å². The van der Waals surface area contributed by atoms with Crippen LogP contribution in [0.15, 0.2) is 55.6 Å². The third-order valence-electron chi connectivity index (χ3n) is 4.59. The van der Waals surface area contributed by atoms with Gasteiger partial charge in [-0.1, -0.05) is 13.2 Å². The molecule has 0 saturated carbocycles. The van der Waals surface area contributed by atoms with Gasteiger partial charge in [0.1, 0.15) is 26.3 Å². The Morgan fingerprint density at radius 2 is 0.969 bits per heavy atom. The Bertz CT molecular complexity index is 1310. The summed E-state index contributed by atoms with van der Waals surface area (Å²) in [6.45, 7) is 9.13. The molecule has 0 aliphatic carbocycles. The summed E-state index contributed by atoms with van der Waals surface area (Å²) in [5.74, 6) is -1.61. The first-order valence-electron chi connectivity index (χ1n) is 9.51. The van der Waals surface area contributed by atoms with Crippen molar-refractivity contribution in [2.24, 2.45) is 0 Å². The minimum atomic E-state index is -0.804. The first-order valence-corrected chi connectivity index (χ1v) is 9.51. The standard InChI is InChI=1S/C22H20N2O8/c1-11(2)9-31-17(25)7-23-19(27)13-5-15-16(6-14(13)20(23)28)22(30)24(21(15)29)8-18(26)32-10-12(3)4/h5-6H,1,3,7-10H2,2,4H3. The van der Waals surface area contributed by atoms with Crippen molar-refractivity contribution >= 4 is 33.5 Å². The highest BCUT2D eigenvalue weighted by molar-refractivity contribution is 5.98.